The molecule has 0 aliphatic rings. The largest absolute Gasteiger partial charge is 0.444 e. The number of aliphatic hydroxyl groups excluding tert-OH is 1. The van der Waals surface area contributed by atoms with Gasteiger partial charge >= 0.3 is 6.09 Å². The molecule has 0 saturated heterocycles. The van der Waals surface area contributed by atoms with Crippen LogP contribution in [-0.2, 0) is 11.3 Å². The van der Waals surface area contributed by atoms with Gasteiger partial charge in [0.2, 0.25) is 0 Å². The number of hydrogen-bond donors (Lipinski definition) is 1. The number of carbonyl (C=O) groups excluding carboxylic acids is 1. The summed E-state index contributed by atoms with van der Waals surface area (Å²) in [6.07, 6.45) is -0.409. The number of ether oxygens (including phenoxy) is 1. The summed E-state index contributed by atoms with van der Waals surface area (Å²) in [7, 11) is 3.96. The van der Waals surface area contributed by atoms with E-state index >= 15 is 0 Å². The lowest BCUT2D eigenvalue weighted by molar-refractivity contribution is 0.0201. The van der Waals surface area contributed by atoms with Gasteiger partial charge < -0.3 is 19.6 Å². The van der Waals surface area contributed by atoms with Crippen molar-refractivity contribution in [2.45, 2.75) is 32.9 Å². The van der Waals surface area contributed by atoms with Gasteiger partial charge in [-0.3, -0.25) is 0 Å². The molecule has 1 amide bonds. The van der Waals surface area contributed by atoms with E-state index in [2.05, 4.69) is 0 Å². The van der Waals surface area contributed by atoms with Crippen LogP contribution in [0.15, 0.2) is 24.3 Å². The first kappa shape index (κ1) is 17.3. The summed E-state index contributed by atoms with van der Waals surface area (Å²) in [5, 5.41) is 9.12. The molecular formula is C16H26N2O3. The van der Waals surface area contributed by atoms with Crippen LogP contribution in [0.3, 0.4) is 0 Å². The topological polar surface area (TPSA) is 53.0 Å². The predicted octanol–water partition coefficient (Wildman–Crippen LogP) is 2.48. The molecule has 0 atom stereocenters. The third-order valence-electron chi connectivity index (χ3n) is 2.85. The van der Waals surface area contributed by atoms with Crippen LogP contribution in [0.2, 0.25) is 0 Å². The number of carbonyl (C=O) groups is 1. The molecule has 0 spiro atoms. The summed E-state index contributed by atoms with van der Waals surface area (Å²) in [6, 6.07) is 7.96. The Balaban J connectivity index is 2.75. The van der Waals surface area contributed by atoms with Crippen molar-refractivity contribution in [3.05, 3.63) is 29.8 Å². The molecule has 0 aromatic heterocycles. The Morgan fingerprint density at radius 2 is 1.76 bits per heavy atom. The van der Waals surface area contributed by atoms with Crippen molar-refractivity contribution < 1.29 is 14.6 Å². The van der Waals surface area contributed by atoms with Gasteiger partial charge in [0, 0.05) is 32.9 Å². The molecule has 0 heterocycles. The lowest BCUT2D eigenvalue weighted by Crippen LogP contribution is -2.38. The van der Waals surface area contributed by atoms with E-state index in [0.29, 0.717) is 6.54 Å². The van der Waals surface area contributed by atoms with Gasteiger partial charge in [-0.1, -0.05) is 12.1 Å². The second-order valence-corrected chi connectivity index (χ2v) is 6.19. The van der Waals surface area contributed by atoms with Crippen LogP contribution in [0.1, 0.15) is 26.3 Å². The Hall–Kier alpha value is -1.75. The molecule has 0 bridgehead atoms. The van der Waals surface area contributed by atoms with E-state index in [0.717, 1.165) is 11.3 Å². The Bertz CT molecular complexity index is 450. The standard InChI is InChI=1S/C16H26N2O3/c1-16(2,3)21-15(20)18(10-11-19)12-13-6-8-14(9-7-13)17(4)5/h6-9,19H,10-12H2,1-5H3. The Kier molecular flexibility index (Phi) is 6.03. The van der Waals surface area contributed by atoms with E-state index in [1.54, 1.807) is 0 Å². The molecule has 0 saturated carbocycles. The fourth-order valence-electron chi connectivity index (χ4n) is 1.80. The monoisotopic (exact) mass is 294 g/mol. The van der Waals surface area contributed by atoms with Crippen molar-refractivity contribution in [2.24, 2.45) is 0 Å². The maximum absolute atomic E-state index is 12.1. The van der Waals surface area contributed by atoms with Crippen LogP contribution < -0.4 is 4.90 Å². The van der Waals surface area contributed by atoms with Crippen LogP contribution >= 0.6 is 0 Å². The van der Waals surface area contributed by atoms with E-state index in [-0.39, 0.29) is 13.2 Å². The summed E-state index contributed by atoms with van der Waals surface area (Å²) in [5.41, 5.74) is 1.56. The average molecular weight is 294 g/mol. The third kappa shape index (κ3) is 6.04. The lowest BCUT2D eigenvalue weighted by Gasteiger charge is -2.27. The number of hydrogen-bond acceptors (Lipinski definition) is 4. The highest BCUT2D eigenvalue weighted by Gasteiger charge is 2.21. The van der Waals surface area contributed by atoms with Gasteiger partial charge in [0.1, 0.15) is 5.60 Å². The predicted molar refractivity (Wildman–Crippen MR) is 84.5 cm³/mol. The molecule has 1 aromatic rings. The summed E-state index contributed by atoms with van der Waals surface area (Å²) >= 11 is 0. The summed E-state index contributed by atoms with van der Waals surface area (Å²) < 4.78 is 5.35. The van der Waals surface area contributed by atoms with Crippen LogP contribution in [0.4, 0.5) is 10.5 Å². The molecule has 21 heavy (non-hydrogen) atoms. The van der Waals surface area contributed by atoms with E-state index in [1.165, 1.54) is 4.90 Å². The number of amides is 1. The molecule has 1 N–H and O–H groups in total. The SMILES string of the molecule is CN(C)c1ccc(CN(CCO)C(=O)OC(C)(C)C)cc1. The highest BCUT2D eigenvalue weighted by Crippen LogP contribution is 2.16. The molecule has 0 aliphatic heterocycles. The lowest BCUT2D eigenvalue weighted by atomic mass is 10.2. The van der Waals surface area contributed by atoms with E-state index in [9.17, 15) is 4.79 Å². The number of rotatable bonds is 5. The highest BCUT2D eigenvalue weighted by atomic mass is 16.6. The van der Waals surface area contributed by atoms with Crippen LogP contribution in [-0.4, -0.2) is 48.9 Å². The van der Waals surface area contributed by atoms with Crippen molar-refractivity contribution in [1.29, 1.82) is 0 Å². The van der Waals surface area contributed by atoms with Crippen LogP contribution in [0.5, 0.6) is 0 Å². The van der Waals surface area contributed by atoms with E-state index < -0.39 is 11.7 Å². The minimum atomic E-state index is -0.542. The molecule has 0 fully saturated rings. The molecule has 0 unspecified atom stereocenters. The smallest absolute Gasteiger partial charge is 0.410 e. The maximum atomic E-state index is 12.1. The Morgan fingerprint density at radius 1 is 1.19 bits per heavy atom. The number of benzene rings is 1. The van der Waals surface area contributed by atoms with Crippen molar-refractivity contribution in [3.63, 3.8) is 0 Å². The van der Waals surface area contributed by atoms with Crippen LogP contribution in [0.25, 0.3) is 0 Å². The van der Waals surface area contributed by atoms with E-state index in [1.807, 2.05) is 64.0 Å². The molecule has 0 aliphatic carbocycles. The number of aliphatic hydroxyl groups is 1. The van der Waals surface area contributed by atoms with Crippen molar-refractivity contribution in [1.82, 2.24) is 4.90 Å². The fraction of sp³-hybridized carbons (Fsp3) is 0.562. The second-order valence-electron chi connectivity index (χ2n) is 6.19. The van der Waals surface area contributed by atoms with Gasteiger partial charge in [-0.15, -0.1) is 0 Å². The van der Waals surface area contributed by atoms with Crippen LogP contribution in [0, 0.1) is 0 Å². The average Bonchev–Trinajstić information content (AvgIpc) is 2.36. The summed E-state index contributed by atoms with van der Waals surface area (Å²) in [6.45, 7) is 6.07. The molecule has 5 nitrogen and oxygen atoms in total. The molecule has 1 rings (SSSR count). The maximum Gasteiger partial charge on any atom is 0.410 e. The zero-order chi connectivity index (χ0) is 16.0. The van der Waals surface area contributed by atoms with Crippen molar-refractivity contribution >= 4 is 11.8 Å². The van der Waals surface area contributed by atoms with E-state index in [4.69, 9.17) is 9.84 Å². The zero-order valence-corrected chi connectivity index (χ0v) is 13.6. The molecule has 0 radical (unpaired) electrons. The first-order valence-electron chi connectivity index (χ1n) is 7.08. The Labute approximate surface area is 127 Å². The molecule has 5 heteroatoms. The van der Waals surface area contributed by atoms with Gasteiger partial charge in [0.25, 0.3) is 0 Å². The first-order chi connectivity index (χ1) is 9.73. The minimum Gasteiger partial charge on any atom is -0.444 e. The third-order valence-corrected chi connectivity index (χ3v) is 2.85. The summed E-state index contributed by atoms with van der Waals surface area (Å²) in [5.74, 6) is 0. The quantitative estimate of drug-likeness (QED) is 0.906. The second kappa shape index (κ2) is 7.31. The summed E-state index contributed by atoms with van der Waals surface area (Å²) in [4.78, 5) is 15.6. The molecule has 1 aromatic carbocycles. The number of nitrogens with zero attached hydrogens (tertiary/aromatic N) is 2. The van der Waals surface area contributed by atoms with Crippen molar-refractivity contribution in [3.8, 4) is 0 Å². The normalized spacial score (nSPS) is 11.1. The molecule has 118 valence electrons. The van der Waals surface area contributed by atoms with Gasteiger partial charge in [0.15, 0.2) is 0 Å². The van der Waals surface area contributed by atoms with Crippen molar-refractivity contribution in [2.75, 3.05) is 32.1 Å². The minimum absolute atomic E-state index is 0.0883. The van der Waals surface area contributed by atoms with Gasteiger partial charge in [-0.2, -0.15) is 0 Å². The molecular weight excluding hydrogens is 268 g/mol. The highest BCUT2D eigenvalue weighted by molar-refractivity contribution is 5.68. The number of anilines is 1. The first-order valence-corrected chi connectivity index (χ1v) is 7.08. The fourth-order valence-corrected chi connectivity index (χ4v) is 1.80. The van der Waals surface area contributed by atoms with Gasteiger partial charge in [-0.25, -0.2) is 4.79 Å². The van der Waals surface area contributed by atoms with Gasteiger partial charge in [-0.05, 0) is 38.5 Å². The zero-order valence-electron chi connectivity index (χ0n) is 13.6. The van der Waals surface area contributed by atoms with Gasteiger partial charge in [0.05, 0.1) is 6.61 Å². The Morgan fingerprint density at radius 3 is 2.19 bits per heavy atom.